The van der Waals surface area contributed by atoms with Crippen LogP contribution in [0.4, 0.5) is 26.3 Å². The molecule has 0 N–H and O–H groups in total. The number of rotatable bonds is 2. The van der Waals surface area contributed by atoms with Gasteiger partial charge in [0.2, 0.25) is 0 Å². The van der Waals surface area contributed by atoms with Gasteiger partial charge < -0.3 is 0 Å². The maximum Gasteiger partial charge on any atom is 0.421 e. The van der Waals surface area contributed by atoms with E-state index in [-0.39, 0.29) is 6.08 Å². The van der Waals surface area contributed by atoms with E-state index in [1.807, 2.05) is 0 Å². The second-order valence-electron chi connectivity index (χ2n) is 3.41. The minimum Gasteiger partial charge on any atom is -0.166 e. The molecule has 0 saturated carbocycles. The molecule has 0 spiro atoms. The predicted octanol–water partition coefficient (Wildman–Crippen LogP) is 5.04. The molecule has 0 saturated heterocycles. The third kappa shape index (κ3) is 4.04. The highest BCUT2D eigenvalue weighted by Gasteiger charge is 2.50. The van der Waals surface area contributed by atoms with Crippen LogP contribution in [-0.4, -0.2) is 12.4 Å². The second-order valence-corrected chi connectivity index (χ2v) is 4.26. The summed E-state index contributed by atoms with van der Waals surface area (Å²) in [5.41, 5.74) is -2.13. The lowest BCUT2D eigenvalue weighted by Gasteiger charge is -2.15. The molecule has 0 bridgehead atoms. The zero-order valence-corrected chi connectivity index (χ0v) is 10.3. The van der Waals surface area contributed by atoms with Crippen molar-refractivity contribution >= 4 is 15.9 Å². The van der Waals surface area contributed by atoms with Crippen molar-refractivity contribution < 1.29 is 26.3 Å². The predicted molar refractivity (Wildman–Crippen MR) is 58.0 cm³/mol. The maximum absolute atomic E-state index is 12.2. The summed E-state index contributed by atoms with van der Waals surface area (Å²) in [6.07, 6.45) is -11.1. The Morgan fingerprint density at radius 2 is 1.50 bits per heavy atom. The van der Waals surface area contributed by atoms with Crippen LogP contribution in [0.3, 0.4) is 0 Å². The van der Waals surface area contributed by atoms with Crippen LogP contribution >= 0.6 is 15.9 Å². The number of benzene rings is 1. The first-order chi connectivity index (χ1) is 8.12. The molecule has 0 aliphatic heterocycles. The summed E-state index contributed by atoms with van der Waals surface area (Å²) in [6.45, 7) is 0. The van der Waals surface area contributed by atoms with Gasteiger partial charge in [0, 0.05) is 4.47 Å². The number of hydrogen-bond donors (Lipinski definition) is 0. The Labute approximate surface area is 107 Å². The van der Waals surface area contributed by atoms with E-state index in [9.17, 15) is 26.3 Å². The molecule has 0 aliphatic rings. The maximum atomic E-state index is 12.2. The molecule has 100 valence electrons. The smallest absolute Gasteiger partial charge is 0.166 e. The summed E-state index contributed by atoms with van der Waals surface area (Å²) in [4.78, 5) is 0. The van der Waals surface area contributed by atoms with E-state index in [1.165, 1.54) is 12.1 Å². The average molecular weight is 333 g/mol. The fourth-order valence-corrected chi connectivity index (χ4v) is 1.71. The van der Waals surface area contributed by atoms with E-state index in [2.05, 4.69) is 15.9 Å². The summed E-state index contributed by atoms with van der Waals surface area (Å²) in [5.74, 6) is 0. The summed E-state index contributed by atoms with van der Waals surface area (Å²) >= 11 is 3.06. The molecule has 0 radical (unpaired) electrons. The van der Waals surface area contributed by atoms with Crippen LogP contribution < -0.4 is 0 Å². The van der Waals surface area contributed by atoms with Gasteiger partial charge in [-0.05, 0) is 18.1 Å². The standard InChI is InChI=1S/C11H7BrF6/c12-8-4-2-1-3-7(8)5-6-9(10(13,14)15)11(16,17)18/h1-4,6H,5H2. The lowest BCUT2D eigenvalue weighted by atomic mass is 10.1. The SMILES string of the molecule is FC(F)(F)C(=CCc1ccccc1Br)C(F)(F)F. The van der Waals surface area contributed by atoms with Crippen LogP contribution in [-0.2, 0) is 6.42 Å². The molecule has 1 aromatic carbocycles. The Morgan fingerprint density at radius 3 is 1.94 bits per heavy atom. The van der Waals surface area contributed by atoms with Crippen LogP contribution in [0.15, 0.2) is 40.4 Å². The Hall–Kier alpha value is -0.980. The Balaban J connectivity index is 3.03. The Morgan fingerprint density at radius 1 is 1.00 bits per heavy atom. The lowest BCUT2D eigenvalue weighted by molar-refractivity contribution is -0.172. The van der Waals surface area contributed by atoms with Crippen molar-refractivity contribution in [1.29, 1.82) is 0 Å². The van der Waals surface area contributed by atoms with Crippen molar-refractivity contribution in [3.05, 3.63) is 46.0 Å². The molecule has 7 heteroatoms. The molecule has 0 fully saturated rings. The molecule has 1 rings (SSSR count). The fraction of sp³-hybridized carbons (Fsp3) is 0.273. The van der Waals surface area contributed by atoms with Gasteiger partial charge >= 0.3 is 12.4 Å². The van der Waals surface area contributed by atoms with Gasteiger partial charge in [-0.1, -0.05) is 40.2 Å². The normalized spacial score (nSPS) is 12.4. The first-order valence-corrected chi connectivity index (χ1v) is 5.49. The van der Waals surface area contributed by atoms with E-state index >= 15 is 0 Å². The monoisotopic (exact) mass is 332 g/mol. The van der Waals surface area contributed by atoms with Crippen molar-refractivity contribution in [2.24, 2.45) is 0 Å². The van der Waals surface area contributed by atoms with Gasteiger partial charge in [-0.3, -0.25) is 0 Å². The van der Waals surface area contributed by atoms with E-state index < -0.39 is 24.3 Å². The fourth-order valence-electron chi connectivity index (χ4n) is 1.27. The van der Waals surface area contributed by atoms with E-state index in [0.717, 1.165) is 0 Å². The highest BCUT2D eigenvalue weighted by Crippen LogP contribution is 2.38. The molecule has 0 aromatic heterocycles. The van der Waals surface area contributed by atoms with Gasteiger partial charge in [0.15, 0.2) is 0 Å². The number of alkyl halides is 6. The highest BCUT2D eigenvalue weighted by molar-refractivity contribution is 9.10. The summed E-state index contributed by atoms with van der Waals surface area (Å²) < 4.78 is 73.8. The van der Waals surface area contributed by atoms with Crippen LogP contribution in [0.2, 0.25) is 0 Å². The third-order valence-corrected chi connectivity index (χ3v) is 2.87. The second kappa shape index (κ2) is 5.34. The summed E-state index contributed by atoms with van der Waals surface area (Å²) in [5, 5.41) is 0. The molecule has 0 unspecified atom stereocenters. The Kier molecular flexibility index (Phi) is 4.47. The highest BCUT2D eigenvalue weighted by atomic mass is 79.9. The molecule has 18 heavy (non-hydrogen) atoms. The van der Waals surface area contributed by atoms with E-state index in [4.69, 9.17) is 0 Å². The Bertz CT molecular complexity index is 428. The van der Waals surface area contributed by atoms with Crippen molar-refractivity contribution in [1.82, 2.24) is 0 Å². The minimum atomic E-state index is -5.40. The minimum absolute atomic E-state index is 0.153. The van der Waals surface area contributed by atoms with Crippen molar-refractivity contribution in [3.8, 4) is 0 Å². The van der Waals surface area contributed by atoms with Crippen molar-refractivity contribution in [2.75, 3.05) is 0 Å². The van der Waals surface area contributed by atoms with Crippen LogP contribution in [0, 0.1) is 0 Å². The molecule has 0 aliphatic carbocycles. The summed E-state index contributed by atoms with van der Waals surface area (Å²) in [6, 6.07) is 6.15. The van der Waals surface area contributed by atoms with E-state index in [1.54, 1.807) is 12.1 Å². The van der Waals surface area contributed by atoms with Gasteiger partial charge in [-0.25, -0.2) is 0 Å². The molecule has 1 aromatic rings. The quantitative estimate of drug-likeness (QED) is 0.525. The zero-order valence-electron chi connectivity index (χ0n) is 8.74. The molecular weight excluding hydrogens is 326 g/mol. The van der Waals surface area contributed by atoms with Gasteiger partial charge in [0.25, 0.3) is 0 Å². The molecule has 0 atom stereocenters. The molecular formula is C11H7BrF6. The van der Waals surface area contributed by atoms with Crippen molar-refractivity contribution in [2.45, 2.75) is 18.8 Å². The van der Waals surface area contributed by atoms with Crippen LogP contribution in [0.1, 0.15) is 5.56 Å². The third-order valence-electron chi connectivity index (χ3n) is 2.09. The molecule has 0 amide bonds. The van der Waals surface area contributed by atoms with Crippen LogP contribution in [0.5, 0.6) is 0 Å². The van der Waals surface area contributed by atoms with E-state index in [0.29, 0.717) is 10.0 Å². The number of allylic oxidation sites excluding steroid dienone is 2. The molecule has 0 heterocycles. The lowest BCUT2D eigenvalue weighted by Crippen LogP contribution is -2.26. The van der Waals surface area contributed by atoms with Gasteiger partial charge in [0.05, 0.1) is 0 Å². The first-order valence-electron chi connectivity index (χ1n) is 4.70. The zero-order chi connectivity index (χ0) is 14.0. The van der Waals surface area contributed by atoms with Gasteiger partial charge in [0.1, 0.15) is 5.57 Å². The van der Waals surface area contributed by atoms with Crippen molar-refractivity contribution in [3.63, 3.8) is 0 Å². The van der Waals surface area contributed by atoms with Crippen LogP contribution in [0.25, 0.3) is 0 Å². The molecule has 0 nitrogen and oxygen atoms in total. The van der Waals surface area contributed by atoms with Gasteiger partial charge in [-0.2, -0.15) is 26.3 Å². The number of halogens is 7. The topological polar surface area (TPSA) is 0 Å². The average Bonchev–Trinajstić information content (AvgIpc) is 2.17. The first kappa shape index (κ1) is 15.1. The largest absolute Gasteiger partial charge is 0.421 e. The van der Waals surface area contributed by atoms with Gasteiger partial charge in [-0.15, -0.1) is 0 Å². The number of hydrogen-bond acceptors (Lipinski definition) is 0. The summed E-state index contributed by atoms with van der Waals surface area (Å²) in [7, 11) is 0.